The topological polar surface area (TPSA) is 94.4 Å². The van der Waals surface area contributed by atoms with Crippen molar-refractivity contribution < 1.29 is 22.1 Å². The zero-order chi connectivity index (χ0) is 22.3. The van der Waals surface area contributed by atoms with Gasteiger partial charge in [0.25, 0.3) is 5.91 Å². The minimum Gasteiger partial charge on any atom is -0.497 e. The molecule has 0 N–H and O–H groups in total. The lowest BCUT2D eigenvalue weighted by Gasteiger charge is -2.11. The number of para-hydroxylation sites is 1. The maximum Gasteiger partial charge on any atom is 0.339 e. The third-order valence-corrected chi connectivity index (χ3v) is 5.70. The summed E-state index contributed by atoms with van der Waals surface area (Å²) in [6, 6.07) is 20.2. The number of nitrogens with zero attached hydrogens (tertiary/aromatic N) is 2. The van der Waals surface area contributed by atoms with Crippen LogP contribution in [0.4, 0.5) is 0 Å². The molecule has 0 fully saturated rings. The predicted molar refractivity (Wildman–Crippen MR) is 116 cm³/mol. The third-order valence-electron chi connectivity index (χ3n) is 4.35. The van der Waals surface area contributed by atoms with E-state index in [0.717, 1.165) is 11.1 Å². The molecule has 7 nitrogen and oxygen atoms in total. The van der Waals surface area contributed by atoms with Gasteiger partial charge in [0, 0.05) is 0 Å². The SMILES string of the molecule is COc1cccc(CC(=O)N=NCc2cc(C)ccc2S(=O)(=O)Oc2ccccc2)c1. The molecule has 0 bridgehead atoms. The van der Waals surface area contributed by atoms with E-state index in [-0.39, 0.29) is 23.6 Å². The van der Waals surface area contributed by atoms with Gasteiger partial charge in [-0.3, -0.25) is 4.79 Å². The second-order valence-corrected chi connectivity index (χ2v) is 8.30. The van der Waals surface area contributed by atoms with Crippen LogP contribution in [-0.4, -0.2) is 21.4 Å². The van der Waals surface area contributed by atoms with Gasteiger partial charge < -0.3 is 8.92 Å². The lowest BCUT2D eigenvalue weighted by molar-refractivity contribution is -0.117. The van der Waals surface area contributed by atoms with Crippen LogP contribution in [0.1, 0.15) is 16.7 Å². The molecule has 0 heterocycles. The van der Waals surface area contributed by atoms with Crippen molar-refractivity contribution >= 4 is 16.0 Å². The number of carbonyl (C=O) groups is 1. The van der Waals surface area contributed by atoms with Crippen molar-refractivity contribution in [2.24, 2.45) is 10.2 Å². The molecular weight excluding hydrogens is 416 g/mol. The Hall–Kier alpha value is -3.52. The van der Waals surface area contributed by atoms with Gasteiger partial charge in [0.05, 0.1) is 20.1 Å². The molecule has 0 spiro atoms. The number of benzene rings is 3. The van der Waals surface area contributed by atoms with Gasteiger partial charge in [-0.2, -0.15) is 13.5 Å². The molecule has 0 radical (unpaired) electrons. The van der Waals surface area contributed by atoms with E-state index in [1.165, 1.54) is 6.07 Å². The normalized spacial score (nSPS) is 11.4. The highest BCUT2D eigenvalue weighted by atomic mass is 32.2. The lowest BCUT2D eigenvalue weighted by Crippen LogP contribution is -2.12. The van der Waals surface area contributed by atoms with Gasteiger partial charge in [-0.1, -0.05) is 48.0 Å². The van der Waals surface area contributed by atoms with Gasteiger partial charge in [-0.05, 0) is 48.4 Å². The van der Waals surface area contributed by atoms with E-state index < -0.39 is 16.0 Å². The number of aryl methyl sites for hydroxylation is 1. The fraction of sp³-hybridized carbons (Fsp3) is 0.174. The van der Waals surface area contributed by atoms with Gasteiger partial charge in [0.2, 0.25) is 0 Å². The molecule has 0 atom stereocenters. The van der Waals surface area contributed by atoms with Crippen molar-refractivity contribution in [2.75, 3.05) is 7.11 Å². The molecule has 0 aromatic heterocycles. The van der Waals surface area contributed by atoms with Crippen LogP contribution in [0, 0.1) is 6.92 Å². The van der Waals surface area contributed by atoms with E-state index in [1.54, 1.807) is 73.8 Å². The summed E-state index contributed by atoms with van der Waals surface area (Å²) in [6.45, 7) is 1.77. The Labute approximate surface area is 181 Å². The first kappa shape index (κ1) is 22.2. The minimum atomic E-state index is -4.07. The zero-order valence-corrected chi connectivity index (χ0v) is 18.0. The summed E-state index contributed by atoms with van der Waals surface area (Å²) in [5.41, 5.74) is 2.00. The Kier molecular flexibility index (Phi) is 7.15. The van der Waals surface area contributed by atoms with E-state index in [9.17, 15) is 13.2 Å². The van der Waals surface area contributed by atoms with Crippen LogP contribution < -0.4 is 8.92 Å². The molecule has 0 aliphatic heterocycles. The monoisotopic (exact) mass is 438 g/mol. The first-order valence-electron chi connectivity index (χ1n) is 9.50. The third kappa shape index (κ3) is 6.23. The van der Waals surface area contributed by atoms with E-state index in [4.69, 9.17) is 8.92 Å². The average molecular weight is 439 g/mol. The Balaban J connectivity index is 1.74. The first-order valence-corrected chi connectivity index (χ1v) is 10.9. The van der Waals surface area contributed by atoms with E-state index in [0.29, 0.717) is 11.3 Å². The van der Waals surface area contributed by atoms with Crippen LogP contribution in [0.3, 0.4) is 0 Å². The van der Waals surface area contributed by atoms with Crippen molar-refractivity contribution in [1.82, 2.24) is 0 Å². The van der Waals surface area contributed by atoms with Crippen LogP contribution in [0.5, 0.6) is 11.5 Å². The Morgan fingerprint density at radius 1 is 0.935 bits per heavy atom. The van der Waals surface area contributed by atoms with Gasteiger partial charge in [0.1, 0.15) is 16.4 Å². The zero-order valence-electron chi connectivity index (χ0n) is 17.2. The summed E-state index contributed by atoms with van der Waals surface area (Å²) >= 11 is 0. The molecule has 3 aromatic carbocycles. The van der Waals surface area contributed by atoms with Crippen molar-refractivity contribution in [2.45, 2.75) is 24.8 Å². The molecule has 0 unspecified atom stereocenters. The number of carbonyl (C=O) groups excluding carboxylic acids is 1. The van der Waals surface area contributed by atoms with Crippen molar-refractivity contribution in [3.63, 3.8) is 0 Å². The number of methoxy groups -OCH3 is 1. The Morgan fingerprint density at radius 3 is 2.42 bits per heavy atom. The molecule has 0 aliphatic rings. The molecule has 0 saturated heterocycles. The largest absolute Gasteiger partial charge is 0.497 e. The summed E-state index contributed by atoms with van der Waals surface area (Å²) in [5, 5.41) is 7.64. The van der Waals surface area contributed by atoms with Crippen LogP contribution in [0.2, 0.25) is 0 Å². The summed E-state index contributed by atoms with van der Waals surface area (Å²) in [6.07, 6.45) is 0.0663. The Bertz CT molecular complexity index is 1190. The number of amides is 1. The molecule has 0 aliphatic carbocycles. The molecule has 0 saturated carbocycles. The maximum atomic E-state index is 12.8. The Morgan fingerprint density at radius 2 is 1.68 bits per heavy atom. The summed E-state index contributed by atoms with van der Waals surface area (Å²) in [5.74, 6) is 0.422. The molecule has 1 amide bonds. The predicted octanol–water partition coefficient (Wildman–Crippen LogP) is 4.49. The summed E-state index contributed by atoms with van der Waals surface area (Å²) < 4.78 is 35.9. The van der Waals surface area contributed by atoms with Crippen molar-refractivity contribution in [1.29, 1.82) is 0 Å². The summed E-state index contributed by atoms with van der Waals surface area (Å²) in [7, 11) is -2.52. The lowest BCUT2D eigenvalue weighted by atomic mass is 10.1. The second kappa shape index (κ2) is 9.99. The molecular formula is C23H22N2O5S. The number of ether oxygens (including phenoxy) is 1. The fourth-order valence-corrected chi connectivity index (χ4v) is 4.04. The van der Waals surface area contributed by atoms with Crippen LogP contribution >= 0.6 is 0 Å². The maximum absolute atomic E-state index is 12.8. The van der Waals surface area contributed by atoms with Gasteiger partial charge in [0.15, 0.2) is 0 Å². The molecule has 160 valence electrons. The fourth-order valence-electron chi connectivity index (χ4n) is 2.91. The number of azo groups is 1. The van der Waals surface area contributed by atoms with E-state index >= 15 is 0 Å². The number of hydrogen-bond donors (Lipinski definition) is 0. The second-order valence-electron chi connectivity index (χ2n) is 6.78. The molecule has 3 rings (SSSR count). The van der Waals surface area contributed by atoms with Crippen LogP contribution in [0.15, 0.2) is 87.9 Å². The van der Waals surface area contributed by atoms with Crippen LogP contribution in [-0.2, 0) is 27.9 Å². The standard InChI is InChI=1S/C23H22N2O5S/c1-17-11-12-22(31(27,28)30-20-8-4-3-5-9-20)19(13-17)16-24-25-23(26)15-18-7-6-10-21(14-18)29-2/h3-14H,15-16H2,1-2H3. The van der Waals surface area contributed by atoms with Crippen LogP contribution in [0.25, 0.3) is 0 Å². The number of rotatable bonds is 8. The highest BCUT2D eigenvalue weighted by molar-refractivity contribution is 7.87. The quantitative estimate of drug-likeness (QED) is 0.381. The average Bonchev–Trinajstić information content (AvgIpc) is 2.74. The smallest absolute Gasteiger partial charge is 0.339 e. The van der Waals surface area contributed by atoms with Gasteiger partial charge in [-0.25, -0.2) is 0 Å². The highest BCUT2D eigenvalue weighted by Gasteiger charge is 2.21. The highest BCUT2D eigenvalue weighted by Crippen LogP contribution is 2.23. The van der Waals surface area contributed by atoms with Crippen molar-refractivity contribution in [3.8, 4) is 11.5 Å². The number of hydrogen-bond acceptors (Lipinski definition) is 6. The van der Waals surface area contributed by atoms with E-state index in [2.05, 4.69) is 10.2 Å². The molecule has 3 aromatic rings. The summed E-state index contributed by atoms with van der Waals surface area (Å²) in [4.78, 5) is 12.1. The first-order chi connectivity index (χ1) is 14.9. The molecule has 31 heavy (non-hydrogen) atoms. The minimum absolute atomic E-state index is 0.0128. The van der Waals surface area contributed by atoms with Gasteiger partial charge in [-0.15, -0.1) is 5.11 Å². The van der Waals surface area contributed by atoms with E-state index in [1.807, 2.05) is 6.92 Å². The molecule has 8 heteroatoms. The van der Waals surface area contributed by atoms with Crippen molar-refractivity contribution in [3.05, 3.63) is 89.5 Å². The van der Waals surface area contributed by atoms with Gasteiger partial charge >= 0.3 is 10.1 Å².